The average molecular weight is 278 g/mol. The van der Waals surface area contributed by atoms with E-state index < -0.39 is 0 Å². The summed E-state index contributed by atoms with van der Waals surface area (Å²) in [5.74, 6) is 0. The van der Waals surface area contributed by atoms with E-state index in [2.05, 4.69) is 44.1 Å². The first-order valence-corrected chi connectivity index (χ1v) is 8.41. The number of rotatable bonds is 3. The van der Waals surface area contributed by atoms with Gasteiger partial charge in [-0.05, 0) is 65.1 Å². The zero-order valence-electron chi connectivity index (χ0n) is 12.6. The predicted molar refractivity (Wildman–Crippen MR) is 82.9 cm³/mol. The van der Waals surface area contributed by atoms with Gasteiger partial charge in [-0.25, -0.2) is 0 Å². The van der Waals surface area contributed by atoms with Gasteiger partial charge < -0.3 is 10.2 Å². The Morgan fingerprint density at radius 1 is 1.26 bits per heavy atom. The molecule has 1 aromatic heterocycles. The highest BCUT2D eigenvalue weighted by Gasteiger charge is 2.38. The third kappa shape index (κ3) is 2.61. The summed E-state index contributed by atoms with van der Waals surface area (Å²) in [6.07, 6.45) is 5.48. The second-order valence-corrected chi connectivity index (χ2v) is 7.94. The molecule has 0 aliphatic carbocycles. The normalized spacial score (nSPS) is 32.7. The van der Waals surface area contributed by atoms with Crippen molar-refractivity contribution in [2.75, 3.05) is 7.05 Å². The minimum absolute atomic E-state index is 0.498. The van der Waals surface area contributed by atoms with Crippen molar-refractivity contribution in [3.8, 4) is 0 Å². The predicted octanol–water partition coefficient (Wildman–Crippen LogP) is 3.64. The number of thiophene rings is 1. The number of piperidine rings is 1. The van der Waals surface area contributed by atoms with Crippen LogP contribution in [0.5, 0.6) is 0 Å². The fourth-order valence-corrected chi connectivity index (χ4v) is 5.09. The maximum atomic E-state index is 3.89. The van der Waals surface area contributed by atoms with Gasteiger partial charge in [-0.1, -0.05) is 0 Å². The number of nitrogens with zero attached hydrogens (tertiary/aromatic N) is 1. The second-order valence-electron chi connectivity index (χ2n) is 6.48. The Morgan fingerprint density at radius 2 is 1.89 bits per heavy atom. The molecule has 0 spiro atoms. The zero-order chi connectivity index (χ0) is 13.6. The molecule has 19 heavy (non-hydrogen) atoms. The van der Waals surface area contributed by atoms with Gasteiger partial charge in [0.2, 0.25) is 0 Å². The average Bonchev–Trinajstić information content (AvgIpc) is 2.77. The Balaban J connectivity index is 1.64. The van der Waals surface area contributed by atoms with Crippen LogP contribution in [-0.4, -0.2) is 30.1 Å². The van der Waals surface area contributed by atoms with Crippen molar-refractivity contribution < 1.29 is 0 Å². The first-order chi connectivity index (χ1) is 9.04. The van der Waals surface area contributed by atoms with Crippen LogP contribution in [0.3, 0.4) is 0 Å². The van der Waals surface area contributed by atoms with Crippen LogP contribution in [0.1, 0.15) is 54.0 Å². The number of nitrogens with one attached hydrogen (secondary N) is 1. The highest BCUT2D eigenvalue weighted by Crippen LogP contribution is 2.35. The van der Waals surface area contributed by atoms with Crippen molar-refractivity contribution in [3.63, 3.8) is 0 Å². The third-order valence-corrected chi connectivity index (χ3v) is 6.11. The van der Waals surface area contributed by atoms with Crippen molar-refractivity contribution in [3.05, 3.63) is 21.4 Å². The number of hydrogen-bond acceptors (Lipinski definition) is 3. The first-order valence-electron chi connectivity index (χ1n) is 7.59. The molecule has 3 heterocycles. The van der Waals surface area contributed by atoms with E-state index in [9.17, 15) is 0 Å². The Morgan fingerprint density at radius 3 is 2.42 bits per heavy atom. The number of hydrogen-bond donors (Lipinski definition) is 1. The van der Waals surface area contributed by atoms with Gasteiger partial charge in [0.25, 0.3) is 0 Å². The van der Waals surface area contributed by atoms with Crippen LogP contribution in [0.2, 0.25) is 0 Å². The van der Waals surface area contributed by atoms with Crippen molar-refractivity contribution in [1.29, 1.82) is 0 Å². The largest absolute Gasteiger partial charge is 0.307 e. The Hall–Kier alpha value is -0.380. The van der Waals surface area contributed by atoms with Crippen molar-refractivity contribution in [1.82, 2.24) is 10.2 Å². The van der Waals surface area contributed by atoms with E-state index in [1.54, 1.807) is 0 Å². The van der Waals surface area contributed by atoms with E-state index in [4.69, 9.17) is 0 Å². The molecule has 3 heteroatoms. The molecule has 2 bridgehead atoms. The quantitative estimate of drug-likeness (QED) is 0.908. The first kappa shape index (κ1) is 13.6. The SMILES string of the molecule is Cc1cc(C(C)NC2CC3CCC(C2)N3C)c(C)s1. The molecule has 3 atom stereocenters. The van der Waals surface area contributed by atoms with Gasteiger partial charge in [0, 0.05) is 33.9 Å². The molecule has 2 aliphatic rings. The second kappa shape index (κ2) is 5.19. The minimum Gasteiger partial charge on any atom is -0.307 e. The monoisotopic (exact) mass is 278 g/mol. The van der Waals surface area contributed by atoms with Gasteiger partial charge in [0.1, 0.15) is 0 Å². The molecule has 3 unspecified atom stereocenters. The maximum absolute atomic E-state index is 3.89. The summed E-state index contributed by atoms with van der Waals surface area (Å²) < 4.78 is 0. The van der Waals surface area contributed by atoms with Gasteiger partial charge in [0.15, 0.2) is 0 Å². The van der Waals surface area contributed by atoms with Crippen LogP contribution in [-0.2, 0) is 0 Å². The van der Waals surface area contributed by atoms with Crippen LogP contribution in [0, 0.1) is 13.8 Å². The van der Waals surface area contributed by atoms with Gasteiger partial charge >= 0.3 is 0 Å². The summed E-state index contributed by atoms with van der Waals surface area (Å²) in [6, 6.07) is 5.23. The summed E-state index contributed by atoms with van der Waals surface area (Å²) in [4.78, 5) is 5.53. The highest BCUT2D eigenvalue weighted by molar-refractivity contribution is 7.12. The number of aryl methyl sites for hydroxylation is 2. The topological polar surface area (TPSA) is 15.3 Å². The molecule has 0 saturated carbocycles. The van der Waals surface area contributed by atoms with Crippen molar-refractivity contribution in [2.24, 2.45) is 0 Å². The molecule has 106 valence electrons. The molecule has 2 fully saturated rings. The maximum Gasteiger partial charge on any atom is 0.0305 e. The minimum atomic E-state index is 0.498. The lowest BCUT2D eigenvalue weighted by Gasteiger charge is -2.38. The van der Waals surface area contributed by atoms with E-state index in [1.165, 1.54) is 41.0 Å². The molecule has 2 nitrogen and oxygen atoms in total. The molecule has 1 aromatic rings. The van der Waals surface area contributed by atoms with E-state index in [-0.39, 0.29) is 0 Å². The standard InChI is InChI=1S/C16H26N2S/c1-10-7-16(12(3)19-10)11(2)17-13-8-14-5-6-15(9-13)18(14)4/h7,11,13-15,17H,5-6,8-9H2,1-4H3. The summed E-state index contributed by atoms with van der Waals surface area (Å²) in [5.41, 5.74) is 1.51. The molecule has 2 aliphatic heterocycles. The molecular weight excluding hydrogens is 252 g/mol. The van der Waals surface area contributed by atoms with E-state index >= 15 is 0 Å². The van der Waals surface area contributed by atoms with Crippen LogP contribution >= 0.6 is 11.3 Å². The van der Waals surface area contributed by atoms with Crippen molar-refractivity contribution in [2.45, 2.75) is 70.6 Å². The van der Waals surface area contributed by atoms with Crippen LogP contribution in [0.15, 0.2) is 6.07 Å². The van der Waals surface area contributed by atoms with Crippen LogP contribution < -0.4 is 5.32 Å². The van der Waals surface area contributed by atoms with Crippen LogP contribution in [0.25, 0.3) is 0 Å². The lowest BCUT2D eigenvalue weighted by atomic mass is 9.96. The van der Waals surface area contributed by atoms with Crippen LogP contribution in [0.4, 0.5) is 0 Å². The molecule has 3 rings (SSSR count). The Kier molecular flexibility index (Phi) is 3.71. The van der Waals surface area contributed by atoms with E-state index in [1.807, 2.05) is 11.3 Å². The summed E-state index contributed by atoms with van der Waals surface area (Å²) in [7, 11) is 2.31. The molecule has 2 saturated heterocycles. The molecular formula is C16H26N2S. The fraction of sp³-hybridized carbons (Fsp3) is 0.750. The third-order valence-electron chi connectivity index (χ3n) is 5.13. The fourth-order valence-electron chi connectivity index (χ4n) is 4.07. The molecule has 0 amide bonds. The zero-order valence-corrected chi connectivity index (χ0v) is 13.4. The molecule has 1 N–H and O–H groups in total. The Labute approximate surface area is 121 Å². The number of fused-ring (bicyclic) bond motifs is 2. The lowest BCUT2D eigenvalue weighted by Crippen LogP contribution is -2.47. The lowest BCUT2D eigenvalue weighted by molar-refractivity contribution is 0.144. The van der Waals surface area contributed by atoms with Gasteiger partial charge in [-0.2, -0.15) is 0 Å². The van der Waals surface area contributed by atoms with Crippen molar-refractivity contribution >= 4 is 11.3 Å². The summed E-state index contributed by atoms with van der Waals surface area (Å²) in [5, 5.41) is 3.89. The van der Waals surface area contributed by atoms with E-state index in [0.29, 0.717) is 12.1 Å². The molecule has 0 radical (unpaired) electrons. The highest BCUT2D eigenvalue weighted by atomic mass is 32.1. The summed E-state index contributed by atoms with van der Waals surface area (Å²) in [6.45, 7) is 6.79. The molecule has 0 aromatic carbocycles. The smallest absolute Gasteiger partial charge is 0.0305 e. The van der Waals surface area contributed by atoms with Gasteiger partial charge in [-0.3, -0.25) is 0 Å². The van der Waals surface area contributed by atoms with Gasteiger partial charge in [0.05, 0.1) is 0 Å². The van der Waals surface area contributed by atoms with Gasteiger partial charge in [-0.15, -0.1) is 11.3 Å². The van der Waals surface area contributed by atoms with E-state index in [0.717, 1.165) is 12.1 Å². The summed E-state index contributed by atoms with van der Waals surface area (Å²) >= 11 is 1.93. The Bertz CT molecular complexity index is 440.